The molecule has 9 heteroatoms. The highest BCUT2D eigenvalue weighted by Gasteiger charge is 2.28. The zero-order chi connectivity index (χ0) is 32.6. The van der Waals surface area contributed by atoms with Gasteiger partial charge in [-0.2, -0.15) is 0 Å². The molecule has 0 fully saturated rings. The van der Waals surface area contributed by atoms with Gasteiger partial charge in [-0.15, -0.1) is 0 Å². The van der Waals surface area contributed by atoms with Crippen molar-refractivity contribution in [3.63, 3.8) is 0 Å². The SMILES string of the molecule is O=C(O)c1cc(C(=O)O)c(C(=O)N(Cc2ccccc2)Cc2cccc(Oc3ccccc3Cc3ccccc3)c2)cc1C(=O)O. The Morgan fingerprint density at radius 2 is 1.02 bits per heavy atom. The van der Waals surface area contributed by atoms with Crippen molar-refractivity contribution in [2.45, 2.75) is 19.5 Å². The van der Waals surface area contributed by atoms with Gasteiger partial charge in [-0.05, 0) is 52.6 Å². The Morgan fingerprint density at radius 3 is 1.65 bits per heavy atom. The average molecular weight is 616 g/mol. The second-order valence-corrected chi connectivity index (χ2v) is 10.5. The van der Waals surface area contributed by atoms with E-state index in [1.54, 1.807) is 48.5 Å². The number of para-hydroxylation sites is 1. The maximum Gasteiger partial charge on any atom is 0.336 e. The number of hydrogen-bond donors (Lipinski definition) is 3. The van der Waals surface area contributed by atoms with Crippen molar-refractivity contribution in [1.29, 1.82) is 0 Å². The van der Waals surface area contributed by atoms with Gasteiger partial charge in [0.1, 0.15) is 11.5 Å². The lowest BCUT2D eigenvalue weighted by molar-refractivity contribution is 0.0643. The van der Waals surface area contributed by atoms with Gasteiger partial charge in [0.2, 0.25) is 0 Å². The van der Waals surface area contributed by atoms with Gasteiger partial charge >= 0.3 is 17.9 Å². The second-order valence-electron chi connectivity index (χ2n) is 10.5. The van der Waals surface area contributed by atoms with Gasteiger partial charge in [0, 0.05) is 19.5 Å². The Balaban J connectivity index is 1.48. The van der Waals surface area contributed by atoms with Crippen LogP contribution in [0.1, 0.15) is 63.7 Å². The second kappa shape index (κ2) is 14.0. The van der Waals surface area contributed by atoms with E-state index in [-0.39, 0.29) is 13.1 Å². The molecule has 46 heavy (non-hydrogen) atoms. The van der Waals surface area contributed by atoms with Crippen LogP contribution in [0.4, 0.5) is 0 Å². The third kappa shape index (κ3) is 7.46. The van der Waals surface area contributed by atoms with Crippen LogP contribution in [-0.4, -0.2) is 44.0 Å². The molecule has 0 unspecified atom stereocenters. The molecule has 1 amide bonds. The molecule has 0 aliphatic heterocycles. The summed E-state index contributed by atoms with van der Waals surface area (Å²) in [6, 6.07) is 35.4. The predicted molar refractivity (Wildman–Crippen MR) is 170 cm³/mol. The number of nitrogens with zero attached hydrogens (tertiary/aromatic N) is 1. The van der Waals surface area contributed by atoms with Crippen molar-refractivity contribution in [2.75, 3.05) is 0 Å². The van der Waals surface area contributed by atoms with Crippen molar-refractivity contribution in [2.24, 2.45) is 0 Å². The minimum atomic E-state index is -1.62. The van der Waals surface area contributed by atoms with Crippen molar-refractivity contribution < 1.29 is 39.2 Å². The maximum atomic E-state index is 14.0. The molecule has 5 aromatic carbocycles. The van der Waals surface area contributed by atoms with E-state index < -0.39 is 46.1 Å². The zero-order valence-electron chi connectivity index (χ0n) is 24.5. The standard InChI is InChI=1S/C37H29NO8/c39-34(29-20-31(36(42)43)32(37(44)45)21-30(29)35(40)41)38(22-25-12-5-2-6-13-25)23-26-14-9-16-28(19-26)46-33-17-8-7-15-27(33)18-24-10-3-1-4-11-24/h1-17,19-21H,18,22-23H2,(H,40,41)(H,42,43)(H,44,45). The maximum absolute atomic E-state index is 14.0. The minimum absolute atomic E-state index is 0.0126. The first-order chi connectivity index (χ1) is 22.2. The van der Waals surface area contributed by atoms with Crippen LogP contribution in [0.25, 0.3) is 0 Å². The van der Waals surface area contributed by atoms with E-state index in [0.29, 0.717) is 29.5 Å². The molecule has 0 spiro atoms. The van der Waals surface area contributed by atoms with Crippen LogP contribution >= 0.6 is 0 Å². The lowest BCUT2D eigenvalue weighted by Crippen LogP contribution is -2.32. The van der Waals surface area contributed by atoms with Gasteiger partial charge in [0.05, 0.1) is 22.3 Å². The summed E-state index contributed by atoms with van der Waals surface area (Å²) in [5.41, 5.74) is 1.06. The van der Waals surface area contributed by atoms with Gasteiger partial charge in [-0.25, -0.2) is 14.4 Å². The van der Waals surface area contributed by atoms with Crippen LogP contribution in [0.5, 0.6) is 11.5 Å². The predicted octanol–water partition coefficient (Wildman–Crippen LogP) is 7.01. The average Bonchev–Trinajstić information content (AvgIpc) is 3.05. The van der Waals surface area contributed by atoms with E-state index in [0.717, 1.165) is 22.8 Å². The summed E-state index contributed by atoms with van der Waals surface area (Å²) >= 11 is 0. The Morgan fingerprint density at radius 1 is 0.522 bits per heavy atom. The highest BCUT2D eigenvalue weighted by Crippen LogP contribution is 2.29. The monoisotopic (exact) mass is 615 g/mol. The van der Waals surface area contributed by atoms with E-state index in [1.165, 1.54) is 4.90 Å². The van der Waals surface area contributed by atoms with Crippen molar-refractivity contribution in [1.82, 2.24) is 4.90 Å². The molecule has 0 saturated heterocycles. The molecule has 0 aromatic heterocycles. The fourth-order valence-corrected chi connectivity index (χ4v) is 5.10. The largest absolute Gasteiger partial charge is 0.478 e. The summed E-state index contributed by atoms with van der Waals surface area (Å²) in [6.45, 7) is 0.0749. The van der Waals surface area contributed by atoms with Crippen molar-refractivity contribution in [3.8, 4) is 11.5 Å². The van der Waals surface area contributed by atoms with E-state index >= 15 is 0 Å². The number of carbonyl (C=O) groups excluding carboxylic acids is 1. The van der Waals surface area contributed by atoms with Crippen LogP contribution in [0, 0.1) is 0 Å². The van der Waals surface area contributed by atoms with Crippen LogP contribution in [0.3, 0.4) is 0 Å². The first kappa shape index (κ1) is 31.2. The van der Waals surface area contributed by atoms with Gasteiger partial charge in [-0.1, -0.05) is 91.0 Å². The van der Waals surface area contributed by atoms with E-state index in [4.69, 9.17) is 4.74 Å². The van der Waals surface area contributed by atoms with Crippen LogP contribution in [-0.2, 0) is 19.5 Å². The molecular weight excluding hydrogens is 586 g/mol. The molecule has 0 radical (unpaired) electrons. The minimum Gasteiger partial charge on any atom is -0.478 e. The van der Waals surface area contributed by atoms with Crippen LogP contribution in [0.2, 0.25) is 0 Å². The summed E-state index contributed by atoms with van der Waals surface area (Å²) in [5, 5.41) is 29.0. The molecule has 0 aliphatic rings. The number of rotatable bonds is 12. The summed E-state index contributed by atoms with van der Waals surface area (Å²) < 4.78 is 6.29. The molecule has 0 heterocycles. The highest BCUT2D eigenvalue weighted by atomic mass is 16.5. The van der Waals surface area contributed by atoms with Gasteiger partial charge in [0.25, 0.3) is 5.91 Å². The lowest BCUT2D eigenvalue weighted by atomic mass is 9.96. The highest BCUT2D eigenvalue weighted by molar-refractivity contribution is 6.10. The first-order valence-corrected chi connectivity index (χ1v) is 14.3. The number of aromatic carboxylic acids is 3. The van der Waals surface area contributed by atoms with Gasteiger partial charge in [0.15, 0.2) is 0 Å². The zero-order valence-corrected chi connectivity index (χ0v) is 24.5. The molecular formula is C37H29NO8. The Kier molecular flexibility index (Phi) is 9.53. The molecule has 0 bridgehead atoms. The van der Waals surface area contributed by atoms with E-state index in [9.17, 15) is 34.5 Å². The fraction of sp³-hybridized carbons (Fsp3) is 0.0811. The Hall–Kier alpha value is -6.22. The molecule has 230 valence electrons. The van der Waals surface area contributed by atoms with Crippen LogP contribution < -0.4 is 4.74 Å². The molecule has 0 atom stereocenters. The first-order valence-electron chi connectivity index (χ1n) is 14.3. The lowest BCUT2D eigenvalue weighted by Gasteiger charge is -2.24. The number of hydrogen-bond acceptors (Lipinski definition) is 5. The normalized spacial score (nSPS) is 10.6. The smallest absolute Gasteiger partial charge is 0.336 e. The third-order valence-electron chi connectivity index (χ3n) is 7.29. The number of carbonyl (C=O) groups is 4. The Labute approximate surface area is 264 Å². The molecule has 5 aromatic rings. The Bertz CT molecular complexity index is 1900. The molecule has 5 rings (SSSR count). The molecule has 3 N–H and O–H groups in total. The van der Waals surface area contributed by atoms with Gasteiger partial charge in [-0.3, -0.25) is 4.79 Å². The van der Waals surface area contributed by atoms with Crippen LogP contribution in [0.15, 0.2) is 121 Å². The number of benzene rings is 5. The topological polar surface area (TPSA) is 141 Å². The molecule has 9 nitrogen and oxygen atoms in total. The summed E-state index contributed by atoms with van der Waals surface area (Å²) in [4.78, 5) is 51.2. The van der Waals surface area contributed by atoms with Gasteiger partial charge < -0.3 is 25.0 Å². The summed E-state index contributed by atoms with van der Waals surface area (Å²) in [6.07, 6.45) is 0.668. The van der Waals surface area contributed by atoms with E-state index in [1.807, 2.05) is 60.7 Å². The number of carboxylic acid groups (broad SMARTS) is 3. The third-order valence-corrected chi connectivity index (χ3v) is 7.29. The number of carboxylic acids is 3. The quantitative estimate of drug-likeness (QED) is 0.136. The van der Waals surface area contributed by atoms with E-state index in [2.05, 4.69) is 0 Å². The summed E-state index contributed by atoms with van der Waals surface area (Å²) in [5.74, 6) is -4.37. The number of ether oxygens (including phenoxy) is 1. The fourth-order valence-electron chi connectivity index (χ4n) is 5.10. The molecule has 0 aliphatic carbocycles. The van der Waals surface area contributed by atoms with Crippen molar-refractivity contribution >= 4 is 23.8 Å². The number of amides is 1. The summed E-state index contributed by atoms with van der Waals surface area (Å²) in [7, 11) is 0. The molecule has 0 saturated carbocycles. The van der Waals surface area contributed by atoms with Crippen molar-refractivity contribution in [3.05, 3.63) is 166 Å².